The van der Waals surface area contributed by atoms with Crippen LogP contribution < -0.4 is 5.76 Å². The standard InChI is InChI=1S/C10H11NO3/c1-10(2,13)6-3-4-8-7(5-6)11-9(12)14-8/h3-5,13H,1-2H3,(H,11,12). The molecule has 0 saturated carbocycles. The molecular formula is C10H11NO3. The number of fused-ring (bicyclic) bond motifs is 1. The summed E-state index contributed by atoms with van der Waals surface area (Å²) in [6.45, 7) is 3.37. The fourth-order valence-electron chi connectivity index (χ4n) is 1.33. The third-order valence-corrected chi connectivity index (χ3v) is 2.13. The summed E-state index contributed by atoms with van der Waals surface area (Å²) in [5.74, 6) is -0.479. The maximum absolute atomic E-state index is 10.9. The highest BCUT2D eigenvalue weighted by molar-refractivity contribution is 5.73. The Labute approximate surface area is 80.2 Å². The highest BCUT2D eigenvalue weighted by Gasteiger charge is 2.16. The second-order valence-electron chi connectivity index (χ2n) is 3.78. The van der Waals surface area contributed by atoms with E-state index < -0.39 is 11.4 Å². The zero-order valence-electron chi connectivity index (χ0n) is 8.00. The van der Waals surface area contributed by atoms with Crippen molar-refractivity contribution in [3.63, 3.8) is 0 Å². The van der Waals surface area contributed by atoms with Crippen molar-refractivity contribution in [2.45, 2.75) is 19.4 Å². The second-order valence-corrected chi connectivity index (χ2v) is 3.78. The molecule has 1 aromatic heterocycles. The molecule has 0 radical (unpaired) electrons. The molecule has 0 aliphatic carbocycles. The normalized spacial score (nSPS) is 12.2. The van der Waals surface area contributed by atoms with Crippen LogP contribution in [0.2, 0.25) is 0 Å². The van der Waals surface area contributed by atoms with E-state index in [-0.39, 0.29) is 0 Å². The van der Waals surface area contributed by atoms with Crippen LogP contribution in [0.4, 0.5) is 0 Å². The van der Waals surface area contributed by atoms with Crippen molar-refractivity contribution in [3.05, 3.63) is 34.3 Å². The molecule has 14 heavy (non-hydrogen) atoms. The van der Waals surface area contributed by atoms with Gasteiger partial charge in [-0.15, -0.1) is 0 Å². The summed E-state index contributed by atoms with van der Waals surface area (Å²) < 4.78 is 4.84. The Hall–Kier alpha value is -1.55. The molecule has 0 unspecified atom stereocenters. The first-order valence-corrected chi connectivity index (χ1v) is 4.32. The topological polar surface area (TPSA) is 66.2 Å². The van der Waals surface area contributed by atoms with Crippen LogP contribution in [0.1, 0.15) is 19.4 Å². The number of benzene rings is 1. The van der Waals surface area contributed by atoms with Crippen LogP contribution in [-0.2, 0) is 5.60 Å². The van der Waals surface area contributed by atoms with Gasteiger partial charge in [0.25, 0.3) is 0 Å². The van der Waals surface area contributed by atoms with Gasteiger partial charge < -0.3 is 9.52 Å². The number of H-pyrrole nitrogens is 1. The largest absolute Gasteiger partial charge is 0.417 e. The van der Waals surface area contributed by atoms with Gasteiger partial charge in [0.15, 0.2) is 5.58 Å². The van der Waals surface area contributed by atoms with Gasteiger partial charge in [-0.05, 0) is 31.5 Å². The van der Waals surface area contributed by atoms with Gasteiger partial charge in [-0.3, -0.25) is 4.98 Å². The van der Waals surface area contributed by atoms with Gasteiger partial charge in [-0.25, -0.2) is 4.79 Å². The molecule has 0 atom stereocenters. The van der Waals surface area contributed by atoms with E-state index in [1.54, 1.807) is 32.0 Å². The molecule has 1 heterocycles. The highest BCUT2D eigenvalue weighted by Crippen LogP contribution is 2.22. The summed E-state index contributed by atoms with van der Waals surface area (Å²) in [6.07, 6.45) is 0. The van der Waals surface area contributed by atoms with Crippen molar-refractivity contribution < 1.29 is 9.52 Å². The molecule has 0 fully saturated rings. The zero-order valence-corrected chi connectivity index (χ0v) is 8.00. The van der Waals surface area contributed by atoms with Gasteiger partial charge in [0.2, 0.25) is 0 Å². The molecular weight excluding hydrogens is 182 g/mol. The second kappa shape index (κ2) is 2.72. The number of hydrogen-bond donors (Lipinski definition) is 2. The van der Waals surface area contributed by atoms with Crippen molar-refractivity contribution in [3.8, 4) is 0 Å². The van der Waals surface area contributed by atoms with Crippen LogP contribution >= 0.6 is 0 Å². The summed E-state index contributed by atoms with van der Waals surface area (Å²) in [5, 5.41) is 9.73. The molecule has 0 aliphatic heterocycles. The lowest BCUT2D eigenvalue weighted by Crippen LogP contribution is -2.14. The van der Waals surface area contributed by atoms with Crippen LogP contribution in [-0.4, -0.2) is 10.1 Å². The molecule has 0 aliphatic rings. The lowest BCUT2D eigenvalue weighted by Gasteiger charge is -2.16. The van der Waals surface area contributed by atoms with Crippen LogP contribution in [0.5, 0.6) is 0 Å². The van der Waals surface area contributed by atoms with Crippen LogP contribution in [0, 0.1) is 0 Å². The Morgan fingerprint density at radius 2 is 2.14 bits per heavy atom. The lowest BCUT2D eigenvalue weighted by molar-refractivity contribution is 0.0787. The third-order valence-electron chi connectivity index (χ3n) is 2.13. The average molecular weight is 193 g/mol. The summed E-state index contributed by atoms with van der Waals surface area (Å²) in [4.78, 5) is 13.4. The molecule has 4 heteroatoms. The average Bonchev–Trinajstić information content (AvgIpc) is 2.41. The van der Waals surface area contributed by atoms with Gasteiger partial charge in [0.1, 0.15) is 0 Å². The van der Waals surface area contributed by atoms with Gasteiger partial charge in [0.05, 0.1) is 11.1 Å². The summed E-state index contributed by atoms with van der Waals surface area (Å²) in [6, 6.07) is 5.11. The summed E-state index contributed by atoms with van der Waals surface area (Å²) in [5.41, 5.74) is 0.933. The molecule has 2 aromatic rings. The molecule has 1 aromatic carbocycles. The minimum absolute atomic E-state index is 0.479. The molecule has 74 valence electrons. The van der Waals surface area contributed by atoms with Crippen molar-refractivity contribution in [2.24, 2.45) is 0 Å². The van der Waals surface area contributed by atoms with Crippen LogP contribution in [0.15, 0.2) is 27.4 Å². The minimum atomic E-state index is -0.914. The Kier molecular flexibility index (Phi) is 1.75. The first kappa shape index (κ1) is 9.02. The number of aliphatic hydroxyl groups is 1. The Balaban J connectivity index is 2.67. The monoisotopic (exact) mass is 193 g/mol. The molecule has 0 amide bonds. The molecule has 4 nitrogen and oxygen atoms in total. The summed E-state index contributed by atoms with van der Waals surface area (Å²) >= 11 is 0. The van der Waals surface area contributed by atoms with Crippen molar-refractivity contribution >= 4 is 11.1 Å². The maximum Gasteiger partial charge on any atom is 0.417 e. The molecule has 0 bridgehead atoms. The third kappa shape index (κ3) is 1.44. The van der Waals surface area contributed by atoms with E-state index in [1.165, 1.54) is 0 Å². The van der Waals surface area contributed by atoms with E-state index >= 15 is 0 Å². The molecule has 2 rings (SSSR count). The molecule has 0 spiro atoms. The zero-order chi connectivity index (χ0) is 10.3. The first-order valence-electron chi connectivity index (χ1n) is 4.32. The van der Waals surface area contributed by atoms with E-state index in [9.17, 15) is 9.90 Å². The maximum atomic E-state index is 10.9. The van der Waals surface area contributed by atoms with E-state index in [0.29, 0.717) is 11.1 Å². The van der Waals surface area contributed by atoms with E-state index in [0.717, 1.165) is 5.56 Å². The Morgan fingerprint density at radius 1 is 1.43 bits per heavy atom. The van der Waals surface area contributed by atoms with Crippen molar-refractivity contribution in [2.75, 3.05) is 0 Å². The van der Waals surface area contributed by atoms with Gasteiger partial charge in [-0.1, -0.05) is 6.07 Å². The number of hydrogen-bond acceptors (Lipinski definition) is 3. The van der Waals surface area contributed by atoms with E-state index in [2.05, 4.69) is 4.98 Å². The van der Waals surface area contributed by atoms with E-state index in [1.807, 2.05) is 0 Å². The SMILES string of the molecule is CC(C)(O)c1ccc2oc(=O)[nH]c2c1. The lowest BCUT2D eigenvalue weighted by atomic mass is 9.98. The molecule has 2 N–H and O–H groups in total. The smallest absolute Gasteiger partial charge is 0.408 e. The summed E-state index contributed by atoms with van der Waals surface area (Å²) in [7, 11) is 0. The first-order chi connectivity index (χ1) is 6.47. The van der Waals surface area contributed by atoms with Crippen molar-refractivity contribution in [1.29, 1.82) is 0 Å². The fourth-order valence-corrected chi connectivity index (χ4v) is 1.33. The highest BCUT2D eigenvalue weighted by atomic mass is 16.4. The number of aromatic amines is 1. The quantitative estimate of drug-likeness (QED) is 0.718. The molecule has 0 saturated heterocycles. The van der Waals surface area contributed by atoms with Crippen LogP contribution in [0.3, 0.4) is 0 Å². The number of oxazole rings is 1. The predicted octanol–water partition coefficient (Wildman–Crippen LogP) is 1.35. The number of rotatable bonds is 1. The number of aromatic nitrogens is 1. The van der Waals surface area contributed by atoms with Crippen LogP contribution in [0.25, 0.3) is 11.1 Å². The van der Waals surface area contributed by atoms with Gasteiger partial charge in [0, 0.05) is 0 Å². The van der Waals surface area contributed by atoms with Gasteiger partial charge in [-0.2, -0.15) is 0 Å². The predicted molar refractivity (Wildman–Crippen MR) is 52.1 cm³/mol. The minimum Gasteiger partial charge on any atom is -0.408 e. The van der Waals surface area contributed by atoms with Crippen molar-refractivity contribution in [1.82, 2.24) is 4.98 Å². The Morgan fingerprint density at radius 3 is 2.79 bits per heavy atom. The Bertz CT molecular complexity index is 516. The fraction of sp³-hybridized carbons (Fsp3) is 0.300. The van der Waals surface area contributed by atoms with Gasteiger partial charge >= 0.3 is 5.76 Å². The number of nitrogens with one attached hydrogen (secondary N) is 1. The van der Waals surface area contributed by atoms with E-state index in [4.69, 9.17) is 4.42 Å².